The van der Waals surface area contributed by atoms with Crippen LogP contribution < -0.4 is 24.8 Å². The molecule has 0 saturated heterocycles. The molecule has 4 aliphatic rings. The van der Waals surface area contributed by atoms with Crippen molar-refractivity contribution in [2.45, 2.75) is 103 Å². The molecule has 0 N–H and O–H groups in total. The summed E-state index contributed by atoms with van der Waals surface area (Å²) in [7, 11) is 0. The zero-order chi connectivity index (χ0) is 38.5. The summed E-state index contributed by atoms with van der Waals surface area (Å²) in [6, 6.07) is 27.9. The molecule has 4 aliphatic carbocycles. The minimum atomic E-state index is -3.16. The maximum Gasteiger partial charge on any atom is -1.00 e. The van der Waals surface area contributed by atoms with Gasteiger partial charge in [-0.2, -0.15) is 0 Å². The van der Waals surface area contributed by atoms with Gasteiger partial charge in [-0.3, -0.25) is 0 Å². The van der Waals surface area contributed by atoms with Crippen LogP contribution in [0.1, 0.15) is 137 Å². The summed E-state index contributed by atoms with van der Waals surface area (Å²) in [5, 5.41) is 1.55. The first-order valence-electron chi connectivity index (χ1n) is 19.9. The summed E-state index contributed by atoms with van der Waals surface area (Å²) in [5.74, 6) is 0.396. The van der Waals surface area contributed by atoms with Crippen molar-refractivity contribution in [3.05, 3.63) is 161 Å². The van der Waals surface area contributed by atoms with E-state index in [0.29, 0.717) is 5.92 Å². The van der Waals surface area contributed by atoms with E-state index in [2.05, 4.69) is 154 Å². The number of halogens is 4. The average Bonchev–Trinajstić information content (AvgIpc) is 3.69. The van der Waals surface area contributed by atoms with Gasteiger partial charge in [0.05, 0.1) is 0 Å². The van der Waals surface area contributed by atoms with Crippen LogP contribution in [0.5, 0.6) is 0 Å². The van der Waals surface area contributed by atoms with Crippen LogP contribution in [0.4, 0.5) is 0 Å². The van der Waals surface area contributed by atoms with Crippen molar-refractivity contribution in [3.8, 4) is 11.1 Å². The molecule has 1 unspecified atom stereocenters. The largest absolute Gasteiger partial charge is 1.00 e. The van der Waals surface area contributed by atoms with E-state index in [1.165, 1.54) is 75.6 Å². The van der Waals surface area contributed by atoms with Gasteiger partial charge in [0.1, 0.15) is 0 Å². The third-order valence-electron chi connectivity index (χ3n) is 12.9. The van der Waals surface area contributed by atoms with Gasteiger partial charge in [-0.05, 0) is 0 Å². The van der Waals surface area contributed by atoms with Gasteiger partial charge in [0.2, 0.25) is 0 Å². The molecule has 0 fully saturated rings. The van der Waals surface area contributed by atoms with Gasteiger partial charge in [0.15, 0.2) is 0 Å². The molecule has 0 amide bonds. The molecule has 8 rings (SSSR count). The Labute approximate surface area is 366 Å². The quantitative estimate of drug-likeness (QED) is 0.188. The van der Waals surface area contributed by atoms with Gasteiger partial charge in [0.25, 0.3) is 0 Å². The number of allylic oxidation sites excluding steroid dienone is 8. The van der Waals surface area contributed by atoms with Crippen molar-refractivity contribution in [1.82, 2.24) is 0 Å². The molecule has 0 bridgehead atoms. The van der Waals surface area contributed by atoms with Crippen molar-refractivity contribution in [2.75, 3.05) is 0 Å². The summed E-state index contributed by atoms with van der Waals surface area (Å²) in [4.78, 5) is 0. The molecule has 0 aliphatic heterocycles. The zero-order valence-corrected chi connectivity index (χ0v) is 40.0. The SMILES string of the molecule is CCC1C=C(C(C)(C)C)C=[C]1[Zr+2](=[C](c1cccc(Cl)c1)c1cccc(Cl)c1)[CH]1c2cc3c(cc2-c2cc4c(cc21)C(C)(C)CC=C4C)C(C)=CCC3(C)C.[Cl-].[Cl-]. The second-order valence-corrected chi connectivity index (χ2v) is 25.6. The van der Waals surface area contributed by atoms with E-state index in [0.717, 1.165) is 29.3 Å². The molecule has 1 atom stereocenters. The number of hydrogen-bond acceptors (Lipinski definition) is 0. The van der Waals surface area contributed by atoms with Crippen LogP contribution in [0.3, 0.4) is 0 Å². The fraction of sp³-hybridized carbons (Fsp3) is 0.353. The first kappa shape index (κ1) is 43.3. The number of benzene rings is 4. The molecule has 4 aromatic rings. The maximum absolute atomic E-state index is 6.93. The van der Waals surface area contributed by atoms with Crippen LogP contribution in [0, 0.1) is 11.3 Å². The molecule has 0 nitrogen and oxygen atoms in total. The smallest absolute Gasteiger partial charge is 1.00 e. The monoisotopic (exact) mass is 896 g/mol. The molecule has 4 aromatic carbocycles. The fourth-order valence-electron chi connectivity index (χ4n) is 9.62. The Morgan fingerprint density at radius 2 is 1.16 bits per heavy atom. The van der Waals surface area contributed by atoms with Crippen molar-refractivity contribution in [1.29, 1.82) is 0 Å². The van der Waals surface area contributed by atoms with Crippen LogP contribution in [-0.2, 0) is 32.1 Å². The Morgan fingerprint density at radius 3 is 1.57 bits per heavy atom. The average molecular weight is 900 g/mol. The summed E-state index contributed by atoms with van der Waals surface area (Å²) in [6.45, 7) is 23.9. The Kier molecular flexibility index (Phi) is 12.2. The van der Waals surface area contributed by atoms with E-state index >= 15 is 0 Å². The fourth-order valence-corrected chi connectivity index (χ4v) is 19.7. The Morgan fingerprint density at radius 1 is 0.696 bits per heavy atom. The van der Waals surface area contributed by atoms with Gasteiger partial charge < -0.3 is 24.8 Å². The van der Waals surface area contributed by atoms with Crippen molar-refractivity contribution >= 4 is 37.6 Å². The Hall–Kier alpha value is -2.25. The van der Waals surface area contributed by atoms with Crippen LogP contribution in [0.25, 0.3) is 22.3 Å². The summed E-state index contributed by atoms with van der Waals surface area (Å²) < 4.78 is 3.45. The first-order chi connectivity index (χ1) is 25.5. The zero-order valence-electron chi connectivity index (χ0n) is 34.5. The second-order valence-electron chi connectivity index (χ2n) is 18.6. The second kappa shape index (κ2) is 15.7. The van der Waals surface area contributed by atoms with Gasteiger partial charge >= 0.3 is 345 Å². The first-order valence-corrected chi connectivity index (χ1v) is 24.5. The molecule has 290 valence electrons. The molecule has 0 aromatic heterocycles. The maximum atomic E-state index is 6.93. The summed E-state index contributed by atoms with van der Waals surface area (Å²) in [6.07, 6.45) is 13.4. The molecule has 56 heavy (non-hydrogen) atoms. The standard InChI is InChI=1S/C27H29.C13H8Cl2.C11H17.2ClH.Zr/c1-16-7-9-26(3,4)24-12-18-11-19-13-25-21(17(2)8-10-27(25,5)6)15-23(19)22(18)14-20(16)24;14-12-5-1-3-10(8-12)7-11-4-2-6-13(15)9-11;1-5-9-6-7-10(8-9)11(2,3)4;;;/h7-8,11-15H,9-10H2,1-6H3;1-6,8-9H;7-9H,5H2,1-4H3;2*1H;/q;;;;;+2/p-2. The van der Waals surface area contributed by atoms with E-state index in [1.807, 2.05) is 12.1 Å². The number of hydrogen-bond donors (Lipinski definition) is 0. The van der Waals surface area contributed by atoms with E-state index in [1.54, 1.807) is 3.28 Å². The van der Waals surface area contributed by atoms with Gasteiger partial charge in [-0.1, -0.05) is 0 Å². The minimum absolute atomic E-state index is 0. The number of fused-ring (bicyclic) bond motifs is 5. The van der Waals surface area contributed by atoms with Gasteiger partial charge in [-0.25, -0.2) is 0 Å². The van der Waals surface area contributed by atoms with Crippen LogP contribution >= 0.6 is 23.2 Å². The molecule has 0 heterocycles. The van der Waals surface area contributed by atoms with Gasteiger partial charge in [-0.15, -0.1) is 0 Å². The topological polar surface area (TPSA) is 0 Å². The van der Waals surface area contributed by atoms with Crippen LogP contribution in [-0.4, -0.2) is 3.21 Å². The van der Waals surface area contributed by atoms with E-state index in [4.69, 9.17) is 23.2 Å². The summed E-state index contributed by atoms with van der Waals surface area (Å²) >= 11 is 10.7. The molecule has 0 spiro atoms. The van der Waals surface area contributed by atoms with Crippen LogP contribution in [0.15, 0.2) is 106 Å². The molecule has 0 radical (unpaired) electrons. The predicted molar refractivity (Wildman–Crippen MR) is 232 cm³/mol. The predicted octanol–water partition coefficient (Wildman–Crippen LogP) is 9.02. The normalized spacial score (nSPS) is 18.7. The van der Waals surface area contributed by atoms with Gasteiger partial charge in [0, 0.05) is 0 Å². The van der Waals surface area contributed by atoms with E-state index in [9.17, 15) is 0 Å². The van der Waals surface area contributed by atoms with E-state index < -0.39 is 21.3 Å². The third kappa shape index (κ3) is 7.45. The number of rotatable bonds is 5. The van der Waals surface area contributed by atoms with Crippen molar-refractivity contribution in [3.63, 3.8) is 0 Å². The summed E-state index contributed by atoms with van der Waals surface area (Å²) in [5.41, 5.74) is 18.7. The van der Waals surface area contributed by atoms with Crippen molar-refractivity contribution < 1.29 is 46.1 Å². The Bertz CT molecular complexity index is 2270. The molecule has 5 heteroatoms. The van der Waals surface area contributed by atoms with Crippen LogP contribution in [0.2, 0.25) is 10.0 Å². The third-order valence-corrected chi connectivity index (χ3v) is 21.9. The minimum Gasteiger partial charge on any atom is -1.00 e. The molecular formula is C51H54Cl4Zr. The Balaban J connectivity index is 0.00000266. The molecule has 0 saturated carbocycles. The van der Waals surface area contributed by atoms with E-state index in [-0.39, 0.29) is 44.7 Å². The molecular weight excluding hydrogens is 846 g/mol. The van der Waals surface area contributed by atoms with Crippen molar-refractivity contribution in [2.24, 2.45) is 11.3 Å².